The van der Waals surface area contributed by atoms with Crippen molar-refractivity contribution >= 4 is 22.0 Å². The molecule has 0 atom stereocenters. The molecule has 0 aliphatic carbocycles. The first-order chi connectivity index (χ1) is 14.6. The summed E-state index contributed by atoms with van der Waals surface area (Å²) >= 11 is 3.70. The molecule has 0 unspecified atom stereocenters. The average Bonchev–Trinajstić information content (AvgIpc) is 2.77. The number of likely N-dealkylation sites (tertiary alicyclic amines) is 2. The van der Waals surface area contributed by atoms with Crippen molar-refractivity contribution in [2.75, 3.05) is 46.4 Å². The third kappa shape index (κ3) is 6.88. The van der Waals surface area contributed by atoms with Gasteiger partial charge in [0.15, 0.2) is 0 Å². The molecule has 0 aromatic heterocycles. The van der Waals surface area contributed by atoms with Gasteiger partial charge in [0.2, 0.25) is 0 Å². The lowest BCUT2D eigenvalue weighted by Crippen LogP contribution is -2.44. The molecule has 1 N–H and O–H groups in total. The Labute approximate surface area is 190 Å². The zero-order valence-corrected chi connectivity index (χ0v) is 20.3. The molecule has 0 radical (unpaired) electrons. The molecule has 2 heterocycles. The maximum absolute atomic E-state index is 11.9. The zero-order chi connectivity index (χ0) is 21.3. The zero-order valence-electron chi connectivity index (χ0n) is 18.7. The molecule has 6 heteroatoms. The number of benzene rings is 1. The Bertz CT molecular complexity index is 668. The van der Waals surface area contributed by atoms with Crippen LogP contribution in [-0.4, -0.2) is 62.2 Å². The van der Waals surface area contributed by atoms with E-state index in [9.17, 15) is 4.79 Å². The van der Waals surface area contributed by atoms with E-state index in [1.807, 2.05) is 17.9 Å². The SMILES string of the molecule is CCNC(=O)N1CCC(CCCN2CCC(Cc3cc(OC)ccc3Br)CC2)CC1. The third-order valence-corrected chi connectivity index (χ3v) is 7.56. The number of carbonyl (C=O) groups excluding carboxylic acids is 1. The number of nitrogens with one attached hydrogen (secondary N) is 1. The number of hydrogen-bond donors (Lipinski definition) is 1. The van der Waals surface area contributed by atoms with Gasteiger partial charge in [-0.2, -0.15) is 0 Å². The Kier molecular flexibility index (Phi) is 9.31. The van der Waals surface area contributed by atoms with Crippen LogP contribution < -0.4 is 10.1 Å². The van der Waals surface area contributed by atoms with Crippen molar-refractivity contribution in [3.63, 3.8) is 0 Å². The fraction of sp³-hybridized carbons (Fsp3) is 0.708. The van der Waals surface area contributed by atoms with Gasteiger partial charge < -0.3 is 19.9 Å². The molecule has 5 nitrogen and oxygen atoms in total. The van der Waals surface area contributed by atoms with Gasteiger partial charge in [0.25, 0.3) is 0 Å². The van der Waals surface area contributed by atoms with E-state index in [1.54, 1.807) is 7.11 Å². The number of urea groups is 1. The van der Waals surface area contributed by atoms with Crippen LogP contribution in [0.4, 0.5) is 4.79 Å². The highest BCUT2D eigenvalue weighted by Crippen LogP contribution is 2.29. The molecule has 0 spiro atoms. The van der Waals surface area contributed by atoms with E-state index in [1.165, 1.54) is 55.4 Å². The molecule has 1 aromatic carbocycles. The summed E-state index contributed by atoms with van der Waals surface area (Å²) < 4.78 is 6.59. The molecular weight excluding hydrogens is 442 g/mol. The largest absolute Gasteiger partial charge is 0.497 e. The monoisotopic (exact) mass is 479 g/mol. The van der Waals surface area contributed by atoms with E-state index >= 15 is 0 Å². The van der Waals surface area contributed by atoms with Crippen LogP contribution in [0.3, 0.4) is 0 Å². The number of ether oxygens (including phenoxy) is 1. The van der Waals surface area contributed by atoms with Crippen LogP contribution in [0, 0.1) is 11.8 Å². The van der Waals surface area contributed by atoms with Gasteiger partial charge in [-0.05, 0) is 107 Å². The Morgan fingerprint density at radius 3 is 2.50 bits per heavy atom. The molecule has 0 saturated carbocycles. The highest BCUT2D eigenvalue weighted by atomic mass is 79.9. The van der Waals surface area contributed by atoms with Crippen LogP contribution in [0.25, 0.3) is 0 Å². The van der Waals surface area contributed by atoms with E-state index in [0.717, 1.165) is 49.9 Å². The summed E-state index contributed by atoms with van der Waals surface area (Å²) in [4.78, 5) is 16.5. The van der Waals surface area contributed by atoms with E-state index < -0.39 is 0 Å². The van der Waals surface area contributed by atoms with Crippen molar-refractivity contribution < 1.29 is 9.53 Å². The normalized spacial score (nSPS) is 19.1. The molecule has 3 rings (SSSR count). The Morgan fingerprint density at radius 2 is 1.83 bits per heavy atom. The van der Waals surface area contributed by atoms with Crippen molar-refractivity contribution in [3.8, 4) is 5.75 Å². The van der Waals surface area contributed by atoms with E-state index in [4.69, 9.17) is 4.74 Å². The predicted molar refractivity (Wildman–Crippen MR) is 126 cm³/mol. The maximum Gasteiger partial charge on any atom is 0.317 e. The first kappa shape index (κ1) is 23.4. The molecular formula is C24H38BrN3O2. The minimum Gasteiger partial charge on any atom is -0.497 e. The summed E-state index contributed by atoms with van der Waals surface area (Å²) in [6.45, 7) is 8.21. The van der Waals surface area contributed by atoms with Gasteiger partial charge in [-0.3, -0.25) is 0 Å². The lowest BCUT2D eigenvalue weighted by molar-refractivity contribution is 0.157. The van der Waals surface area contributed by atoms with Crippen molar-refractivity contribution in [3.05, 3.63) is 28.2 Å². The fourth-order valence-corrected chi connectivity index (χ4v) is 5.26. The van der Waals surface area contributed by atoms with E-state index in [2.05, 4.69) is 38.3 Å². The van der Waals surface area contributed by atoms with Crippen molar-refractivity contribution in [1.29, 1.82) is 0 Å². The molecule has 2 fully saturated rings. The second-order valence-electron chi connectivity index (χ2n) is 8.85. The van der Waals surface area contributed by atoms with Crippen LogP contribution in [0.2, 0.25) is 0 Å². The molecule has 2 aliphatic heterocycles. The van der Waals surface area contributed by atoms with Gasteiger partial charge in [0.05, 0.1) is 7.11 Å². The number of nitrogens with zero attached hydrogens (tertiary/aromatic N) is 2. The van der Waals surface area contributed by atoms with Gasteiger partial charge in [0, 0.05) is 24.1 Å². The van der Waals surface area contributed by atoms with E-state index in [0.29, 0.717) is 6.54 Å². The van der Waals surface area contributed by atoms with Crippen LogP contribution in [-0.2, 0) is 6.42 Å². The summed E-state index contributed by atoms with van der Waals surface area (Å²) in [6, 6.07) is 6.40. The topological polar surface area (TPSA) is 44.8 Å². The fourth-order valence-electron chi connectivity index (χ4n) is 4.85. The highest BCUT2D eigenvalue weighted by molar-refractivity contribution is 9.10. The van der Waals surface area contributed by atoms with Gasteiger partial charge in [0.1, 0.15) is 5.75 Å². The molecule has 2 aliphatic rings. The minimum absolute atomic E-state index is 0.111. The van der Waals surface area contributed by atoms with Crippen molar-refractivity contribution in [1.82, 2.24) is 15.1 Å². The summed E-state index contributed by atoms with van der Waals surface area (Å²) in [5.74, 6) is 2.50. The highest BCUT2D eigenvalue weighted by Gasteiger charge is 2.23. The predicted octanol–water partition coefficient (Wildman–Crippen LogP) is 4.93. The number of halogens is 1. The van der Waals surface area contributed by atoms with E-state index in [-0.39, 0.29) is 6.03 Å². The lowest BCUT2D eigenvalue weighted by atomic mass is 9.89. The maximum atomic E-state index is 11.9. The minimum atomic E-state index is 0.111. The number of methoxy groups -OCH3 is 1. The first-order valence-corrected chi connectivity index (χ1v) is 12.5. The summed E-state index contributed by atoms with van der Waals surface area (Å²) in [5, 5.41) is 2.92. The summed E-state index contributed by atoms with van der Waals surface area (Å²) in [5.41, 5.74) is 1.37. The molecule has 30 heavy (non-hydrogen) atoms. The van der Waals surface area contributed by atoms with Crippen LogP contribution >= 0.6 is 15.9 Å². The summed E-state index contributed by atoms with van der Waals surface area (Å²) in [7, 11) is 1.73. The van der Waals surface area contributed by atoms with Gasteiger partial charge in [-0.25, -0.2) is 4.79 Å². The molecule has 168 valence electrons. The van der Waals surface area contributed by atoms with Crippen LogP contribution in [0.15, 0.2) is 22.7 Å². The van der Waals surface area contributed by atoms with Crippen LogP contribution in [0.1, 0.15) is 51.0 Å². The molecule has 1 aromatic rings. The Balaban J connectivity index is 1.31. The second-order valence-corrected chi connectivity index (χ2v) is 9.71. The molecule has 2 amide bonds. The van der Waals surface area contributed by atoms with Gasteiger partial charge in [-0.1, -0.05) is 15.9 Å². The van der Waals surface area contributed by atoms with Crippen molar-refractivity contribution in [2.24, 2.45) is 11.8 Å². The quantitative estimate of drug-likeness (QED) is 0.574. The second kappa shape index (κ2) is 11.9. The van der Waals surface area contributed by atoms with Gasteiger partial charge in [-0.15, -0.1) is 0 Å². The number of amides is 2. The lowest BCUT2D eigenvalue weighted by Gasteiger charge is -2.34. The Hall–Kier alpha value is -1.27. The number of rotatable bonds is 8. The van der Waals surface area contributed by atoms with Crippen molar-refractivity contribution in [2.45, 2.75) is 51.9 Å². The number of piperidine rings is 2. The number of carbonyl (C=O) groups is 1. The third-order valence-electron chi connectivity index (χ3n) is 6.79. The molecule has 2 saturated heterocycles. The first-order valence-electron chi connectivity index (χ1n) is 11.7. The molecule has 0 bridgehead atoms. The number of hydrogen-bond acceptors (Lipinski definition) is 3. The summed E-state index contributed by atoms with van der Waals surface area (Å²) in [6.07, 6.45) is 8.63. The van der Waals surface area contributed by atoms with Gasteiger partial charge >= 0.3 is 6.03 Å². The smallest absolute Gasteiger partial charge is 0.317 e. The van der Waals surface area contributed by atoms with Crippen LogP contribution in [0.5, 0.6) is 5.75 Å². The standard InChI is InChI=1S/C24H38BrN3O2/c1-3-26-24(29)28-15-10-19(11-16-28)5-4-12-27-13-8-20(9-14-27)17-21-18-22(30-2)6-7-23(21)25/h6-7,18-20H,3-5,8-17H2,1-2H3,(H,26,29). The average molecular weight is 480 g/mol. The Morgan fingerprint density at radius 1 is 1.13 bits per heavy atom.